The first kappa shape index (κ1) is 14.2. The summed E-state index contributed by atoms with van der Waals surface area (Å²) in [6.45, 7) is 2.38. The van der Waals surface area contributed by atoms with E-state index in [0.717, 1.165) is 11.3 Å². The minimum atomic E-state index is -0.682. The number of primary amides is 1. The van der Waals surface area contributed by atoms with Crippen molar-refractivity contribution in [2.75, 3.05) is 11.9 Å². The average molecular weight is 299 g/mol. The summed E-state index contributed by atoms with van der Waals surface area (Å²) in [7, 11) is 0. The first-order valence-electron chi connectivity index (χ1n) is 7.03. The normalized spacial score (nSPS) is 19.9. The first-order valence-corrected chi connectivity index (χ1v) is 7.03. The highest BCUT2D eigenvalue weighted by atomic mass is 16.5. The third-order valence-electron chi connectivity index (χ3n) is 4.05. The van der Waals surface area contributed by atoms with E-state index in [1.54, 1.807) is 6.20 Å². The fourth-order valence-electron chi connectivity index (χ4n) is 2.66. The Kier molecular flexibility index (Phi) is 3.36. The molecule has 0 saturated carbocycles. The number of anilines is 1. The van der Waals surface area contributed by atoms with E-state index in [2.05, 4.69) is 10.3 Å². The van der Waals surface area contributed by atoms with Crippen LogP contribution in [0.1, 0.15) is 29.4 Å². The number of ether oxygens (including phenoxy) is 1. The lowest BCUT2D eigenvalue weighted by Gasteiger charge is -2.34. The molecular formula is C16H17N3O3. The summed E-state index contributed by atoms with van der Waals surface area (Å²) < 4.78 is 5.61. The van der Waals surface area contributed by atoms with E-state index < -0.39 is 11.3 Å². The number of rotatable bonds is 3. The minimum absolute atomic E-state index is 0.140. The van der Waals surface area contributed by atoms with Gasteiger partial charge in [0.1, 0.15) is 11.4 Å². The molecule has 0 saturated heterocycles. The van der Waals surface area contributed by atoms with Crippen LogP contribution < -0.4 is 15.8 Å². The van der Waals surface area contributed by atoms with Gasteiger partial charge in [-0.15, -0.1) is 0 Å². The zero-order chi connectivity index (χ0) is 15.7. The highest BCUT2D eigenvalue weighted by Crippen LogP contribution is 2.39. The van der Waals surface area contributed by atoms with Gasteiger partial charge in [-0.05, 0) is 25.5 Å². The molecule has 22 heavy (non-hydrogen) atoms. The predicted molar refractivity (Wildman–Crippen MR) is 81.8 cm³/mol. The van der Waals surface area contributed by atoms with Gasteiger partial charge < -0.3 is 20.8 Å². The fourth-order valence-corrected chi connectivity index (χ4v) is 2.66. The van der Waals surface area contributed by atoms with Crippen molar-refractivity contribution in [3.8, 4) is 5.75 Å². The number of para-hydroxylation sites is 1. The third kappa shape index (κ3) is 2.32. The van der Waals surface area contributed by atoms with Crippen LogP contribution in [0.4, 0.5) is 5.69 Å². The molecule has 0 aliphatic carbocycles. The molecule has 1 atom stereocenters. The van der Waals surface area contributed by atoms with Crippen LogP contribution in [0, 0.1) is 0 Å². The number of fused-ring (bicyclic) bond motifs is 1. The first-order chi connectivity index (χ1) is 10.5. The van der Waals surface area contributed by atoms with Crippen molar-refractivity contribution in [2.24, 2.45) is 5.73 Å². The Bertz CT molecular complexity index is 738. The van der Waals surface area contributed by atoms with Crippen molar-refractivity contribution in [3.05, 3.63) is 47.8 Å². The summed E-state index contributed by atoms with van der Waals surface area (Å²) in [5.74, 6) is 0.0275. The average Bonchev–Trinajstić information content (AvgIpc) is 2.96. The van der Waals surface area contributed by atoms with E-state index in [4.69, 9.17) is 10.5 Å². The summed E-state index contributed by atoms with van der Waals surface area (Å²) in [6.07, 6.45) is 2.13. The molecule has 0 fully saturated rings. The van der Waals surface area contributed by atoms with Gasteiger partial charge in [0.15, 0.2) is 0 Å². The summed E-state index contributed by atoms with van der Waals surface area (Å²) in [5.41, 5.74) is 6.15. The number of aromatic nitrogens is 1. The highest BCUT2D eigenvalue weighted by Gasteiger charge is 2.40. The van der Waals surface area contributed by atoms with E-state index in [9.17, 15) is 9.59 Å². The molecule has 4 N–H and O–H groups in total. The molecule has 2 heterocycles. The second kappa shape index (κ2) is 5.22. The number of H-pyrrole nitrogens is 1. The lowest BCUT2D eigenvalue weighted by atomic mass is 9.77. The summed E-state index contributed by atoms with van der Waals surface area (Å²) in [6, 6.07) is 9.06. The monoisotopic (exact) mass is 299 g/mol. The van der Waals surface area contributed by atoms with Crippen molar-refractivity contribution < 1.29 is 14.3 Å². The lowest BCUT2D eigenvalue weighted by Crippen LogP contribution is -2.41. The standard InChI is InChI=1S/C16H17N3O3/c1-16(6-7-22-13-5-3-2-4-11(13)16)15(21)19-10-8-12(14(17)20)18-9-10/h2-5,8-9,18H,6-7H2,1H3,(H2,17,20)(H,19,21). The molecule has 1 aromatic heterocycles. The van der Waals surface area contributed by atoms with Gasteiger partial charge in [0.05, 0.1) is 17.7 Å². The van der Waals surface area contributed by atoms with E-state index in [-0.39, 0.29) is 11.6 Å². The molecule has 3 rings (SSSR count). The van der Waals surface area contributed by atoms with Gasteiger partial charge in [-0.25, -0.2) is 0 Å². The molecule has 1 unspecified atom stereocenters. The third-order valence-corrected chi connectivity index (χ3v) is 4.05. The number of nitrogens with two attached hydrogens (primary N) is 1. The fraction of sp³-hybridized carbons (Fsp3) is 0.250. The van der Waals surface area contributed by atoms with Crippen LogP contribution >= 0.6 is 0 Å². The number of carbonyl (C=O) groups excluding carboxylic acids is 2. The van der Waals surface area contributed by atoms with Crippen LogP contribution in [0.3, 0.4) is 0 Å². The van der Waals surface area contributed by atoms with Gasteiger partial charge in [0, 0.05) is 11.8 Å². The number of hydrogen-bond acceptors (Lipinski definition) is 3. The number of nitrogens with one attached hydrogen (secondary N) is 2. The second-order valence-corrected chi connectivity index (χ2v) is 5.55. The Morgan fingerprint density at radius 1 is 1.36 bits per heavy atom. The van der Waals surface area contributed by atoms with Crippen molar-refractivity contribution in [2.45, 2.75) is 18.8 Å². The van der Waals surface area contributed by atoms with E-state index >= 15 is 0 Å². The van der Waals surface area contributed by atoms with Crippen molar-refractivity contribution >= 4 is 17.5 Å². The van der Waals surface area contributed by atoms with Crippen molar-refractivity contribution in [3.63, 3.8) is 0 Å². The summed E-state index contributed by atoms with van der Waals surface area (Å²) >= 11 is 0. The second-order valence-electron chi connectivity index (χ2n) is 5.55. The molecule has 1 aliphatic rings. The zero-order valence-corrected chi connectivity index (χ0v) is 12.2. The molecule has 2 aromatic rings. The molecule has 1 aromatic carbocycles. The smallest absolute Gasteiger partial charge is 0.265 e. The number of benzene rings is 1. The number of carbonyl (C=O) groups is 2. The Hall–Kier alpha value is -2.76. The van der Waals surface area contributed by atoms with E-state index in [1.165, 1.54) is 6.07 Å². The van der Waals surface area contributed by atoms with E-state index in [0.29, 0.717) is 18.7 Å². The van der Waals surface area contributed by atoms with Crippen LogP contribution in [0.5, 0.6) is 5.75 Å². The Labute approximate surface area is 127 Å². The summed E-state index contributed by atoms with van der Waals surface area (Å²) in [5, 5.41) is 2.83. The van der Waals surface area contributed by atoms with Gasteiger partial charge in [-0.2, -0.15) is 0 Å². The van der Waals surface area contributed by atoms with Crippen LogP contribution in [0.25, 0.3) is 0 Å². The largest absolute Gasteiger partial charge is 0.493 e. The Balaban J connectivity index is 1.87. The van der Waals surface area contributed by atoms with Gasteiger partial charge in [0.25, 0.3) is 5.91 Å². The van der Waals surface area contributed by atoms with Gasteiger partial charge in [-0.3, -0.25) is 9.59 Å². The molecular weight excluding hydrogens is 282 g/mol. The van der Waals surface area contributed by atoms with Gasteiger partial charge in [0.2, 0.25) is 5.91 Å². The molecule has 0 bridgehead atoms. The van der Waals surface area contributed by atoms with Gasteiger partial charge >= 0.3 is 0 Å². The van der Waals surface area contributed by atoms with Crippen LogP contribution in [-0.2, 0) is 10.2 Å². The molecule has 6 nitrogen and oxygen atoms in total. The van der Waals surface area contributed by atoms with Gasteiger partial charge in [-0.1, -0.05) is 18.2 Å². The molecule has 0 spiro atoms. The highest BCUT2D eigenvalue weighted by molar-refractivity contribution is 6.00. The maximum atomic E-state index is 12.7. The van der Waals surface area contributed by atoms with Crippen molar-refractivity contribution in [1.82, 2.24) is 4.98 Å². The van der Waals surface area contributed by atoms with Crippen LogP contribution in [0.15, 0.2) is 36.5 Å². The van der Waals surface area contributed by atoms with Crippen molar-refractivity contribution in [1.29, 1.82) is 0 Å². The molecule has 1 aliphatic heterocycles. The number of amides is 2. The molecule has 6 heteroatoms. The molecule has 114 valence electrons. The number of hydrogen-bond donors (Lipinski definition) is 3. The Morgan fingerprint density at radius 2 is 2.14 bits per heavy atom. The van der Waals surface area contributed by atoms with Crippen LogP contribution in [-0.4, -0.2) is 23.4 Å². The lowest BCUT2D eigenvalue weighted by molar-refractivity contribution is -0.122. The molecule has 2 amide bonds. The van der Waals surface area contributed by atoms with Crippen LogP contribution in [0.2, 0.25) is 0 Å². The SMILES string of the molecule is CC1(C(=O)Nc2c[nH]c(C(N)=O)c2)CCOc2ccccc21. The maximum Gasteiger partial charge on any atom is 0.265 e. The topological polar surface area (TPSA) is 97.2 Å². The zero-order valence-electron chi connectivity index (χ0n) is 12.2. The number of aromatic amines is 1. The predicted octanol–water partition coefficient (Wildman–Crippen LogP) is 1.79. The van der Waals surface area contributed by atoms with E-state index in [1.807, 2.05) is 31.2 Å². The molecule has 0 radical (unpaired) electrons. The minimum Gasteiger partial charge on any atom is -0.493 e. The quantitative estimate of drug-likeness (QED) is 0.806. The Morgan fingerprint density at radius 3 is 2.86 bits per heavy atom. The maximum absolute atomic E-state index is 12.7. The summed E-state index contributed by atoms with van der Waals surface area (Å²) in [4.78, 5) is 26.6.